The van der Waals surface area contributed by atoms with Gasteiger partial charge in [0.15, 0.2) is 5.17 Å². The monoisotopic (exact) mass is 477 g/mol. The van der Waals surface area contributed by atoms with Gasteiger partial charge in [-0.05, 0) is 53.2 Å². The number of hydrogen-bond acceptors (Lipinski definition) is 9. The van der Waals surface area contributed by atoms with Gasteiger partial charge in [0.05, 0.1) is 33.8 Å². The molecule has 3 aromatic rings. The second kappa shape index (κ2) is 9.92. The summed E-state index contributed by atoms with van der Waals surface area (Å²) in [5.41, 5.74) is 0.965. The second-order valence-corrected chi connectivity index (χ2v) is 7.92. The standard InChI is InChI=1S/C22H15N5O6S/c28-21-20(12-16-3-1-4-18(11-16)27(31)32)34-22(25(21)14-19-5-2-10-33-19)24-23-13-15-6-8-17(9-7-15)26(29)30/h1-13H,14H2/b20-12-,23-13-,24-22+. The molecule has 0 saturated carbocycles. The zero-order valence-corrected chi connectivity index (χ0v) is 18.1. The molecule has 2 heterocycles. The van der Waals surface area contributed by atoms with E-state index in [1.165, 1.54) is 53.8 Å². The molecule has 170 valence electrons. The van der Waals surface area contributed by atoms with Gasteiger partial charge in [-0.2, -0.15) is 5.10 Å². The summed E-state index contributed by atoms with van der Waals surface area (Å²) in [4.78, 5) is 35.6. The number of nitrogens with zero attached hydrogens (tertiary/aromatic N) is 5. The number of rotatable bonds is 7. The Morgan fingerprint density at radius 2 is 1.74 bits per heavy atom. The number of nitro benzene ring substituents is 2. The third-order valence-electron chi connectivity index (χ3n) is 4.61. The summed E-state index contributed by atoms with van der Waals surface area (Å²) >= 11 is 1.07. The smallest absolute Gasteiger partial charge is 0.270 e. The van der Waals surface area contributed by atoms with E-state index >= 15 is 0 Å². The molecule has 0 bridgehead atoms. The molecule has 1 aromatic heterocycles. The lowest BCUT2D eigenvalue weighted by molar-refractivity contribution is -0.385. The molecule has 0 atom stereocenters. The molecule has 1 amide bonds. The number of furan rings is 1. The highest BCUT2D eigenvalue weighted by molar-refractivity contribution is 8.18. The minimum atomic E-state index is -0.505. The van der Waals surface area contributed by atoms with Gasteiger partial charge in [0.25, 0.3) is 17.3 Å². The number of nitro groups is 2. The summed E-state index contributed by atoms with van der Waals surface area (Å²) in [6.45, 7) is 0.122. The van der Waals surface area contributed by atoms with Crippen molar-refractivity contribution >= 4 is 46.5 Å². The molecule has 11 nitrogen and oxygen atoms in total. The maximum atomic E-state index is 13.1. The van der Waals surface area contributed by atoms with Gasteiger partial charge in [0, 0.05) is 24.3 Å². The first-order valence-corrected chi connectivity index (χ1v) is 10.6. The van der Waals surface area contributed by atoms with Crippen LogP contribution >= 0.6 is 11.8 Å². The quantitative estimate of drug-likeness (QED) is 0.209. The van der Waals surface area contributed by atoms with Gasteiger partial charge < -0.3 is 4.42 Å². The average molecular weight is 477 g/mol. The van der Waals surface area contributed by atoms with Gasteiger partial charge in [0.1, 0.15) is 5.76 Å². The Morgan fingerprint density at radius 3 is 2.41 bits per heavy atom. The van der Waals surface area contributed by atoms with E-state index in [9.17, 15) is 25.0 Å². The molecule has 0 unspecified atom stereocenters. The maximum Gasteiger partial charge on any atom is 0.270 e. The van der Waals surface area contributed by atoms with Crippen molar-refractivity contribution in [1.29, 1.82) is 0 Å². The lowest BCUT2D eigenvalue weighted by Crippen LogP contribution is -2.28. The zero-order valence-electron chi connectivity index (χ0n) is 17.3. The van der Waals surface area contributed by atoms with Crippen molar-refractivity contribution < 1.29 is 19.1 Å². The van der Waals surface area contributed by atoms with Crippen LogP contribution in [0.2, 0.25) is 0 Å². The Balaban J connectivity index is 1.61. The van der Waals surface area contributed by atoms with Crippen LogP contribution in [0.5, 0.6) is 0 Å². The Morgan fingerprint density at radius 1 is 0.971 bits per heavy atom. The second-order valence-electron chi connectivity index (χ2n) is 6.91. The Kier molecular flexibility index (Phi) is 6.59. The van der Waals surface area contributed by atoms with Crippen molar-refractivity contribution in [3.8, 4) is 0 Å². The molecular weight excluding hydrogens is 462 g/mol. The van der Waals surface area contributed by atoms with E-state index in [0.717, 1.165) is 11.8 Å². The lowest BCUT2D eigenvalue weighted by Gasteiger charge is -2.12. The number of benzene rings is 2. The highest BCUT2D eigenvalue weighted by atomic mass is 32.2. The molecule has 4 rings (SSSR count). The van der Waals surface area contributed by atoms with Crippen molar-refractivity contribution in [3.05, 3.63) is 109 Å². The summed E-state index contributed by atoms with van der Waals surface area (Å²) in [6, 6.07) is 15.1. The van der Waals surface area contributed by atoms with Gasteiger partial charge in [-0.25, -0.2) is 0 Å². The van der Waals surface area contributed by atoms with Crippen LogP contribution in [0.4, 0.5) is 11.4 Å². The fraction of sp³-hybridized carbons (Fsp3) is 0.0455. The Labute approximate surface area is 196 Å². The number of amidine groups is 1. The van der Waals surface area contributed by atoms with Crippen molar-refractivity contribution in [2.45, 2.75) is 6.54 Å². The first kappa shape index (κ1) is 22.6. The van der Waals surface area contributed by atoms with Crippen molar-refractivity contribution in [2.75, 3.05) is 0 Å². The fourth-order valence-corrected chi connectivity index (χ4v) is 3.92. The van der Waals surface area contributed by atoms with Crippen LogP contribution in [0.3, 0.4) is 0 Å². The number of hydrogen-bond donors (Lipinski definition) is 0. The summed E-state index contributed by atoms with van der Waals surface area (Å²) in [5.74, 6) is 0.190. The van der Waals surface area contributed by atoms with Gasteiger partial charge in [-0.1, -0.05) is 12.1 Å². The van der Waals surface area contributed by atoms with Crippen LogP contribution < -0.4 is 0 Å². The summed E-state index contributed by atoms with van der Waals surface area (Å²) in [5, 5.41) is 30.3. The molecule has 0 aliphatic carbocycles. The van der Waals surface area contributed by atoms with E-state index in [0.29, 0.717) is 21.8 Å². The molecule has 1 aliphatic heterocycles. The topological polar surface area (TPSA) is 144 Å². The van der Waals surface area contributed by atoms with E-state index in [2.05, 4.69) is 10.2 Å². The van der Waals surface area contributed by atoms with Crippen LogP contribution in [0.1, 0.15) is 16.9 Å². The molecule has 1 fully saturated rings. The number of carbonyl (C=O) groups excluding carboxylic acids is 1. The molecule has 2 aromatic carbocycles. The normalized spacial score (nSPS) is 16.1. The first-order valence-electron chi connectivity index (χ1n) is 9.74. The predicted octanol–water partition coefficient (Wildman–Crippen LogP) is 4.60. The van der Waals surface area contributed by atoms with Crippen molar-refractivity contribution in [2.24, 2.45) is 10.2 Å². The van der Waals surface area contributed by atoms with E-state index in [1.807, 2.05) is 0 Å². The summed E-state index contributed by atoms with van der Waals surface area (Å²) in [6.07, 6.45) is 4.46. The number of non-ortho nitro benzene ring substituents is 2. The van der Waals surface area contributed by atoms with E-state index in [-0.39, 0.29) is 29.0 Å². The number of amides is 1. The number of carbonyl (C=O) groups is 1. The van der Waals surface area contributed by atoms with Gasteiger partial charge >= 0.3 is 0 Å². The van der Waals surface area contributed by atoms with E-state index < -0.39 is 9.85 Å². The van der Waals surface area contributed by atoms with Crippen LogP contribution in [-0.4, -0.2) is 32.0 Å². The van der Waals surface area contributed by atoms with E-state index in [1.54, 1.807) is 30.3 Å². The SMILES string of the molecule is O=C1/C(=C/c2cccc([N+](=O)[O-])c2)S/C(=N/N=C\c2ccc([N+](=O)[O-])cc2)N1Cc1ccco1. The zero-order chi connectivity index (χ0) is 24.1. The van der Waals surface area contributed by atoms with Gasteiger partial charge in [0.2, 0.25) is 0 Å². The minimum absolute atomic E-state index is 0.0408. The summed E-state index contributed by atoms with van der Waals surface area (Å²) < 4.78 is 5.35. The lowest BCUT2D eigenvalue weighted by atomic mass is 10.2. The van der Waals surface area contributed by atoms with Crippen LogP contribution in [0, 0.1) is 20.2 Å². The van der Waals surface area contributed by atoms with E-state index in [4.69, 9.17) is 4.42 Å². The fourth-order valence-electron chi connectivity index (χ4n) is 2.99. The molecule has 1 aliphatic rings. The third kappa shape index (κ3) is 5.24. The third-order valence-corrected chi connectivity index (χ3v) is 5.61. The molecule has 1 saturated heterocycles. The Bertz CT molecular complexity index is 1330. The number of thioether (sulfide) groups is 1. The average Bonchev–Trinajstić information content (AvgIpc) is 3.44. The minimum Gasteiger partial charge on any atom is -0.467 e. The maximum absolute atomic E-state index is 13.1. The van der Waals surface area contributed by atoms with Crippen LogP contribution in [-0.2, 0) is 11.3 Å². The van der Waals surface area contributed by atoms with Crippen molar-refractivity contribution in [1.82, 2.24) is 4.90 Å². The van der Waals surface area contributed by atoms with Crippen LogP contribution in [0.15, 0.2) is 86.5 Å². The van der Waals surface area contributed by atoms with Gasteiger partial charge in [-0.3, -0.25) is 29.9 Å². The predicted molar refractivity (Wildman–Crippen MR) is 126 cm³/mol. The molecule has 0 radical (unpaired) electrons. The van der Waals surface area contributed by atoms with Crippen molar-refractivity contribution in [3.63, 3.8) is 0 Å². The molecule has 0 spiro atoms. The highest BCUT2D eigenvalue weighted by Gasteiger charge is 2.34. The Hall–Kier alpha value is -4.58. The molecule has 12 heteroatoms. The first-order chi connectivity index (χ1) is 16.4. The largest absolute Gasteiger partial charge is 0.467 e. The summed E-state index contributed by atoms with van der Waals surface area (Å²) in [7, 11) is 0. The van der Waals surface area contributed by atoms with Gasteiger partial charge in [-0.15, -0.1) is 5.10 Å². The van der Waals surface area contributed by atoms with Crippen LogP contribution in [0.25, 0.3) is 6.08 Å². The molecular formula is C22H15N5O6S. The molecule has 34 heavy (non-hydrogen) atoms. The highest BCUT2D eigenvalue weighted by Crippen LogP contribution is 2.34. The molecule has 0 N–H and O–H groups in total.